The summed E-state index contributed by atoms with van der Waals surface area (Å²) in [5.41, 5.74) is 1.47. The van der Waals surface area contributed by atoms with Gasteiger partial charge in [-0.05, 0) is 25.0 Å². The first-order valence-corrected chi connectivity index (χ1v) is 8.52. The number of hydrogen-bond donors (Lipinski definition) is 1. The molecule has 1 atom stereocenters. The lowest BCUT2D eigenvalue weighted by Crippen LogP contribution is -2.31. The Balaban J connectivity index is 1.56. The highest BCUT2D eigenvalue weighted by Crippen LogP contribution is 2.32. The van der Waals surface area contributed by atoms with Gasteiger partial charge in [-0.2, -0.15) is 0 Å². The van der Waals surface area contributed by atoms with E-state index in [0.717, 1.165) is 25.1 Å². The molecule has 3 aromatic rings. The molecule has 0 bridgehead atoms. The fourth-order valence-corrected chi connectivity index (χ4v) is 3.16. The van der Waals surface area contributed by atoms with Crippen LogP contribution in [-0.2, 0) is 0 Å². The molecular weight excluding hydrogens is 328 g/mol. The standard InChI is InChI=1S/C19H18N6O/c26-19(14-5-2-1-3-6-14)25-10-4-7-16(25)15-11-21-13-18(23-15)24-17-12-20-8-9-22-17/h1-3,5-6,8-9,11-13,16H,4,7,10H2,(H,22,23,24). The van der Waals surface area contributed by atoms with E-state index < -0.39 is 0 Å². The summed E-state index contributed by atoms with van der Waals surface area (Å²) in [6.45, 7) is 0.724. The van der Waals surface area contributed by atoms with Crippen molar-refractivity contribution in [2.24, 2.45) is 0 Å². The van der Waals surface area contributed by atoms with Crippen LogP contribution in [0.5, 0.6) is 0 Å². The molecule has 0 radical (unpaired) electrons. The maximum atomic E-state index is 12.9. The van der Waals surface area contributed by atoms with Gasteiger partial charge >= 0.3 is 0 Å². The summed E-state index contributed by atoms with van der Waals surface area (Å²) in [4.78, 5) is 31.9. The lowest BCUT2D eigenvalue weighted by Gasteiger charge is -2.24. The van der Waals surface area contributed by atoms with Gasteiger partial charge in [0.1, 0.15) is 11.6 Å². The van der Waals surface area contributed by atoms with E-state index in [1.165, 1.54) is 0 Å². The minimum absolute atomic E-state index is 0.0298. The third-order valence-electron chi connectivity index (χ3n) is 4.35. The summed E-state index contributed by atoms with van der Waals surface area (Å²) < 4.78 is 0. The first-order chi connectivity index (χ1) is 12.8. The molecule has 1 aliphatic rings. The van der Waals surface area contributed by atoms with Crippen molar-refractivity contribution < 1.29 is 4.79 Å². The fraction of sp³-hybridized carbons (Fsp3) is 0.211. The molecule has 1 saturated heterocycles. The molecule has 1 aromatic carbocycles. The summed E-state index contributed by atoms with van der Waals surface area (Å²) in [7, 11) is 0. The van der Waals surface area contributed by atoms with Gasteiger partial charge in [-0.3, -0.25) is 14.8 Å². The number of carbonyl (C=O) groups excluding carboxylic acids is 1. The molecule has 1 amide bonds. The van der Waals surface area contributed by atoms with Crippen molar-refractivity contribution in [1.29, 1.82) is 0 Å². The Morgan fingerprint density at radius 2 is 1.88 bits per heavy atom. The number of nitrogens with zero attached hydrogens (tertiary/aromatic N) is 5. The molecule has 3 heterocycles. The molecule has 1 aliphatic heterocycles. The number of hydrogen-bond acceptors (Lipinski definition) is 6. The number of nitrogens with one attached hydrogen (secondary N) is 1. The summed E-state index contributed by atoms with van der Waals surface area (Å²) in [6, 6.07) is 9.28. The second-order valence-corrected chi connectivity index (χ2v) is 6.07. The molecule has 0 aliphatic carbocycles. The summed E-state index contributed by atoms with van der Waals surface area (Å²) >= 11 is 0. The molecule has 0 saturated carbocycles. The predicted octanol–water partition coefficient (Wildman–Crippen LogP) is 2.99. The van der Waals surface area contributed by atoms with Gasteiger partial charge in [-0.15, -0.1) is 0 Å². The molecule has 0 spiro atoms. The van der Waals surface area contributed by atoms with Crippen LogP contribution >= 0.6 is 0 Å². The van der Waals surface area contributed by atoms with Crippen LogP contribution in [0.2, 0.25) is 0 Å². The van der Waals surface area contributed by atoms with Crippen molar-refractivity contribution in [3.8, 4) is 0 Å². The van der Waals surface area contributed by atoms with Crippen LogP contribution in [0.1, 0.15) is 34.9 Å². The van der Waals surface area contributed by atoms with E-state index in [1.54, 1.807) is 31.0 Å². The Morgan fingerprint density at radius 3 is 2.69 bits per heavy atom. The van der Waals surface area contributed by atoms with Crippen molar-refractivity contribution >= 4 is 17.5 Å². The highest BCUT2D eigenvalue weighted by Gasteiger charge is 2.31. The second kappa shape index (κ2) is 7.26. The van der Waals surface area contributed by atoms with E-state index in [9.17, 15) is 4.79 Å². The van der Waals surface area contributed by atoms with Crippen molar-refractivity contribution in [3.05, 3.63) is 72.6 Å². The molecular formula is C19H18N6O. The Labute approximate surface area is 151 Å². The summed E-state index contributed by atoms with van der Waals surface area (Å²) in [5, 5.41) is 3.09. The second-order valence-electron chi connectivity index (χ2n) is 6.07. The number of likely N-dealkylation sites (tertiary alicyclic amines) is 1. The van der Waals surface area contributed by atoms with E-state index in [-0.39, 0.29) is 11.9 Å². The first kappa shape index (κ1) is 16.1. The molecule has 1 fully saturated rings. The van der Waals surface area contributed by atoms with E-state index >= 15 is 0 Å². The summed E-state index contributed by atoms with van der Waals surface area (Å²) in [6.07, 6.45) is 10.0. The van der Waals surface area contributed by atoms with Crippen LogP contribution in [-0.4, -0.2) is 37.3 Å². The van der Waals surface area contributed by atoms with Crippen LogP contribution in [0.15, 0.2) is 61.3 Å². The number of benzene rings is 1. The molecule has 26 heavy (non-hydrogen) atoms. The topological polar surface area (TPSA) is 83.9 Å². The van der Waals surface area contributed by atoms with E-state index in [4.69, 9.17) is 0 Å². The monoisotopic (exact) mass is 346 g/mol. The first-order valence-electron chi connectivity index (χ1n) is 8.52. The molecule has 4 rings (SSSR count). The maximum absolute atomic E-state index is 12.9. The number of aromatic nitrogens is 4. The van der Waals surface area contributed by atoms with Gasteiger partial charge in [0.25, 0.3) is 5.91 Å². The van der Waals surface area contributed by atoms with Gasteiger partial charge < -0.3 is 10.2 Å². The Hall–Kier alpha value is -3.35. The molecule has 2 aromatic heterocycles. The zero-order chi connectivity index (χ0) is 17.8. The molecule has 130 valence electrons. The minimum Gasteiger partial charge on any atom is -0.330 e. The number of anilines is 2. The van der Waals surface area contributed by atoms with Crippen LogP contribution in [0.25, 0.3) is 0 Å². The lowest BCUT2D eigenvalue weighted by molar-refractivity contribution is 0.0733. The van der Waals surface area contributed by atoms with Crippen LogP contribution in [0, 0.1) is 0 Å². The Bertz CT molecular complexity index is 887. The number of rotatable bonds is 4. The molecule has 1 N–H and O–H groups in total. The maximum Gasteiger partial charge on any atom is 0.254 e. The SMILES string of the molecule is O=C(c1ccccc1)N1CCCC1c1cncc(Nc2cnccn2)n1. The fourth-order valence-electron chi connectivity index (χ4n) is 3.16. The largest absolute Gasteiger partial charge is 0.330 e. The van der Waals surface area contributed by atoms with Gasteiger partial charge in [0.2, 0.25) is 0 Å². The van der Waals surface area contributed by atoms with Gasteiger partial charge in [0.15, 0.2) is 0 Å². The lowest BCUT2D eigenvalue weighted by atomic mass is 10.1. The van der Waals surface area contributed by atoms with Crippen LogP contribution in [0.3, 0.4) is 0 Å². The van der Waals surface area contributed by atoms with E-state index in [0.29, 0.717) is 17.2 Å². The third-order valence-corrected chi connectivity index (χ3v) is 4.35. The van der Waals surface area contributed by atoms with Gasteiger partial charge in [0.05, 0.1) is 30.3 Å². The average molecular weight is 346 g/mol. The van der Waals surface area contributed by atoms with Gasteiger partial charge in [0, 0.05) is 24.5 Å². The van der Waals surface area contributed by atoms with Gasteiger partial charge in [-0.25, -0.2) is 9.97 Å². The van der Waals surface area contributed by atoms with Crippen molar-refractivity contribution in [3.63, 3.8) is 0 Å². The Morgan fingerprint density at radius 1 is 1.04 bits per heavy atom. The Kier molecular flexibility index (Phi) is 4.51. The van der Waals surface area contributed by atoms with E-state index in [1.807, 2.05) is 35.2 Å². The highest BCUT2D eigenvalue weighted by molar-refractivity contribution is 5.94. The zero-order valence-electron chi connectivity index (χ0n) is 14.1. The average Bonchev–Trinajstić information content (AvgIpc) is 3.19. The quantitative estimate of drug-likeness (QED) is 0.782. The molecule has 7 heteroatoms. The zero-order valence-corrected chi connectivity index (χ0v) is 14.1. The van der Waals surface area contributed by atoms with Gasteiger partial charge in [-0.1, -0.05) is 18.2 Å². The van der Waals surface area contributed by atoms with Crippen molar-refractivity contribution in [2.75, 3.05) is 11.9 Å². The molecule has 1 unspecified atom stereocenters. The van der Waals surface area contributed by atoms with Crippen LogP contribution < -0.4 is 5.32 Å². The smallest absolute Gasteiger partial charge is 0.254 e. The van der Waals surface area contributed by atoms with Crippen molar-refractivity contribution in [2.45, 2.75) is 18.9 Å². The normalized spacial score (nSPS) is 16.5. The highest BCUT2D eigenvalue weighted by atomic mass is 16.2. The van der Waals surface area contributed by atoms with Crippen LogP contribution in [0.4, 0.5) is 11.6 Å². The van der Waals surface area contributed by atoms with E-state index in [2.05, 4.69) is 25.3 Å². The summed E-state index contributed by atoms with van der Waals surface area (Å²) in [5.74, 6) is 1.21. The predicted molar refractivity (Wildman–Crippen MR) is 96.8 cm³/mol. The minimum atomic E-state index is -0.0705. The third kappa shape index (κ3) is 3.37. The number of carbonyl (C=O) groups is 1. The van der Waals surface area contributed by atoms with Crippen molar-refractivity contribution in [1.82, 2.24) is 24.8 Å². The number of amides is 1. The molecule has 7 nitrogen and oxygen atoms in total.